The highest BCUT2D eigenvalue weighted by molar-refractivity contribution is 5.95. The molecule has 0 fully saturated rings. The van der Waals surface area contributed by atoms with Gasteiger partial charge in [0.05, 0.1) is 24.7 Å². The van der Waals surface area contributed by atoms with Crippen LogP contribution in [0.4, 0.5) is 14.9 Å². The first kappa shape index (κ1) is 19.6. The van der Waals surface area contributed by atoms with Crippen molar-refractivity contribution in [2.75, 3.05) is 19.0 Å². The molecule has 1 aliphatic heterocycles. The second-order valence-electron chi connectivity index (χ2n) is 7.12. The molecule has 2 heterocycles. The third kappa shape index (κ3) is 3.63. The number of imidazole rings is 1. The molecule has 30 heavy (non-hydrogen) atoms. The first-order valence-electron chi connectivity index (χ1n) is 9.52. The lowest BCUT2D eigenvalue weighted by molar-refractivity contribution is 0.0600. The number of aromatic amines is 1. The van der Waals surface area contributed by atoms with Gasteiger partial charge in [0.25, 0.3) is 0 Å². The number of H-pyrrole nitrogens is 1. The number of esters is 1. The van der Waals surface area contributed by atoms with Crippen LogP contribution in [0.5, 0.6) is 0 Å². The highest BCUT2D eigenvalue weighted by Gasteiger charge is 2.34. The van der Waals surface area contributed by atoms with Crippen molar-refractivity contribution in [1.29, 1.82) is 0 Å². The monoisotopic (exact) mass is 408 g/mol. The van der Waals surface area contributed by atoms with Crippen LogP contribution in [-0.2, 0) is 11.2 Å². The molecular formula is C22H21FN4O3. The van der Waals surface area contributed by atoms with Crippen molar-refractivity contribution in [3.05, 3.63) is 82.7 Å². The summed E-state index contributed by atoms with van der Waals surface area (Å²) in [6.45, 7) is 2.26. The van der Waals surface area contributed by atoms with Crippen LogP contribution >= 0.6 is 0 Å². The van der Waals surface area contributed by atoms with E-state index in [1.807, 2.05) is 6.92 Å². The minimum atomic E-state index is -0.528. The number of nitrogens with zero attached hydrogens (tertiary/aromatic N) is 2. The summed E-state index contributed by atoms with van der Waals surface area (Å²) in [5, 5.41) is 2.88. The first-order chi connectivity index (χ1) is 14.5. The van der Waals surface area contributed by atoms with Gasteiger partial charge in [-0.3, -0.25) is 0 Å². The summed E-state index contributed by atoms with van der Waals surface area (Å²) < 4.78 is 18.7. The van der Waals surface area contributed by atoms with Gasteiger partial charge in [-0.2, -0.15) is 0 Å². The number of hydrogen-bond donors (Lipinski definition) is 2. The van der Waals surface area contributed by atoms with Gasteiger partial charge in [0.1, 0.15) is 11.9 Å². The third-order valence-electron chi connectivity index (χ3n) is 5.25. The minimum Gasteiger partial charge on any atom is -0.465 e. The Morgan fingerprint density at radius 1 is 1.27 bits per heavy atom. The summed E-state index contributed by atoms with van der Waals surface area (Å²) in [5.41, 5.74) is 3.91. The van der Waals surface area contributed by atoms with Gasteiger partial charge in [-0.15, -0.1) is 0 Å². The maximum Gasteiger partial charge on any atom is 0.337 e. The summed E-state index contributed by atoms with van der Waals surface area (Å²) in [7, 11) is 1.30. The number of fused-ring (bicyclic) bond motifs is 1. The van der Waals surface area contributed by atoms with Crippen LogP contribution in [0.1, 0.15) is 38.9 Å². The van der Waals surface area contributed by atoms with Crippen molar-refractivity contribution in [3.8, 4) is 0 Å². The molecule has 1 aliphatic rings. The molecule has 0 unspecified atom stereocenters. The zero-order valence-electron chi connectivity index (χ0n) is 16.6. The van der Waals surface area contributed by atoms with Gasteiger partial charge in [-0.05, 0) is 42.3 Å². The van der Waals surface area contributed by atoms with Gasteiger partial charge < -0.3 is 19.9 Å². The Labute approximate surface area is 172 Å². The van der Waals surface area contributed by atoms with E-state index in [0.717, 1.165) is 11.3 Å². The predicted octanol–water partition coefficient (Wildman–Crippen LogP) is 3.82. The molecule has 0 aliphatic carbocycles. The number of carbonyl (C=O) groups is 2. The average Bonchev–Trinajstić information content (AvgIpc) is 3.22. The van der Waals surface area contributed by atoms with Crippen LogP contribution in [0.2, 0.25) is 0 Å². The summed E-state index contributed by atoms with van der Waals surface area (Å²) in [6.07, 6.45) is 2.19. The van der Waals surface area contributed by atoms with Gasteiger partial charge in [0.2, 0.25) is 0 Å². The Hall–Kier alpha value is -3.68. The summed E-state index contributed by atoms with van der Waals surface area (Å²) in [5.74, 6) is -0.862. The van der Waals surface area contributed by atoms with E-state index >= 15 is 0 Å². The minimum absolute atomic E-state index is 0.341. The first-order valence-corrected chi connectivity index (χ1v) is 9.52. The van der Waals surface area contributed by atoms with Crippen LogP contribution < -0.4 is 5.32 Å². The number of anilines is 1. The van der Waals surface area contributed by atoms with Crippen LogP contribution in [0.15, 0.2) is 48.8 Å². The molecule has 2 aromatic carbocycles. The number of benzene rings is 2. The van der Waals surface area contributed by atoms with Crippen molar-refractivity contribution in [2.45, 2.75) is 19.4 Å². The molecule has 8 heteroatoms. The number of urea groups is 1. The fourth-order valence-electron chi connectivity index (χ4n) is 3.70. The topological polar surface area (TPSA) is 87.3 Å². The number of amides is 2. The molecule has 4 rings (SSSR count). The van der Waals surface area contributed by atoms with Gasteiger partial charge in [0.15, 0.2) is 0 Å². The fraction of sp³-hybridized carbons (Fsp3) is 0.227. The second-order valence-corrected chi connectivity index (χ2v) is 7.12. The number of halogens is 1. The summed E-state index contributed by atoms with van der Waals surface area (Å²) in [6, 6.07) is 10.3. The van der Waals surface area contributed by atoms with Crippen molar-refractivity contribution >= 4 is 17.7 Å². The number of hydrogen-bond acceptors (Lipinski definition) is 4. The summed E-state index contributed by atoms with van der Waals surface area (Å²) in [4.78, 5) is 34.2. The SMILES string of the molecule is COC(=O)c1ccc(C)c(NC(=O)N2CCc3[nH]cnc3[C@@H]2c2cccc(F)c2)c1. The number of nitrogens with one attached hydrogen (secondary N) is 2. The standard InChI is InChI=1S/C22H21FN4O3/c1-13-6-7-15(21(28)30-2)11-18(13)26-22(29)27-9-8-17-19(25-12-24-17)20(27)14-4-3-5-16(23)10-14/h3-7,10-12,20H,8-9H2,1-2H3,(H,24,25)(H,26,29)/t20-/m0/s1. The van der Waals surface area contributed by atoms with Crippen LogP contribution in [0.25, 0.3) is 0 Å². The lowest BCUT2D eigenvalue weighted by Crippen LogP contribution is -2.43. The molecule has 0 radical (unpaired) electrons. The highest BCUT2D eigenvalue weighted by atomic mass is 19.1. The average molecular weight is 408 g/mol. The number of rotatable bonds is 3. The Morgan fingerprint density at radius 3 is 2.87 bits per heavy atom. The van der Waals surface area contributed by atoms with E-state index in [1.165, 1.54) is 19.2 Å². The van der Waals surface area contributed by atoms with E-state index in [4.69, 9.17) is 4.74 Å². The number of aromatic nitrogens is 2. The summed E-state index contributed by atoms with van der Waals surface area (Å²) >= 11 is 0. The molecule has 0 saturated heterocycles. The smallest absolute Gasteiger partial charge is 0.337 e. The van der Waals surface area contributed by atoms with Gasteiger partial charge in [-0.25, -0.2) is 19.0 Å². The highest BCUT2D eigenvalue weighted by Crippen LogP contribution is 2.34. The van der Waals surface area contributed by atoms with E-state index < -0.39 is 12.0 Å². The zero-order chi connectivity index (χ0) is 21.3. The zero-order valence-corrected chi connectivity index (χ0v) is 16.6. The van der Waals surface area contributed by atoms with Crippen molar-refractivity contribution in [2.24, 2.45) is 0 Å². The van der Waals surface area contributed by atoms with E-state index in [1.54, 1.807) is 41.6 Å². The fourth-order valence-corrected chi connectivity index (χ4v) is 3.70. The Kier molecular flexibility index (Phi) is 5.22. The van der Waals surface area contributed by atoms with Crippen molar-refractivity contribution < 1.29 is 18.7 Å². The lowest BCUT2D eigenvalue weighted by Gasteiger charge is -2.35. The largest absolute Gasteiger partial charge is 0.465 e. The quantitative estimate of drug-likeness (QED) is 0.645. The molecule has 1 atom stereocenters. The van der Waals surface area contributed by atoms with Crippen molar-refractivity contribution in [1.82, 2.24) is 14.9 Å². The Bertz CT molecular complexity index is 1110. The maximum atomic E-state index is 13.9. The van der Waals surface area contributed by atoms with E-state index in [-0.39, 0.29) is 11.8 Å². The number of carbonyl (C=O) groups excluding carboxylic acids is 2. The number of aryl methyl sites for hydroxylation is 1. The maximum absolute atomic E-state index is 13.9. The lowest BCUT2D eigenvalue weighted by atomic mass is 9.96. The van der Waals surface area contributed by atoms with Gasteiger partial charge >= 0.3 is 12.0 Å². The second kappa shape index (κ2) is 7.98. The Morgan fingerprint density at radius 2 is 2.10 bits per heavy atom. The molecule has 0 spiro atoms. The van der Waals surface area contributed by atoms with Crippen LogP contribution in [-0.4, -0.2) is 40.5 Å². The molecule has 2 amide bonds. The molecule has 3 aromatic rings. The molecule has 2 N–H and O–H groups in total. The van der Waals surface area contributed by atoms with Crippen LogP contribution in [0, 0.1) is 12.7 Å². The number of ether oxygens (including phenoxy) is 1. The van der Waals surface area contributed by atoms with Crippen molar-refractivity contribution in [3.63, 3.8) is 0 Å². The molecule has 0 saturated carbocycles. The van der Waals surface area contributed by atoms with Gasteiger partial charge in [0, 0.05) is 24.3 Å². The molecule has 7 nitrogen and oxygen atoms in total. The predicted molar refractivity (Wildman–Crippen MR) is 109 cm³/mol. The van der Waals surface area contributed by atoms with E-state index in [0.29, 0.717) is 35.5 Å². The normalized spacial score (nSPS) is 15.4. The molecule has 1 aromatic heterocycles. The Balaban J connectivity index is 1.67. The van der Waals surface area contributed by atoms with Crippen LogP contribution in [0.3, 0.4) is 0 Å². The third-order valence-corrected chi connectivity index (χ3v) is 5.25. The molecule has 154 valence electrons. The van der Waals surface area contributed by atoms with Gasteiger partial charge in [-0.1, -0.05) is 18.2 Å². The molecule has 0 bridgehead atoms. The number of methoxy groups -OCH3 is 1. The van der Waals surface area contributed by atoms with E-state index in [2.05, 4.69) is 15.3 Å². The molecular weight excluding hydrogens is 387 g/mol. The van der Waals surface area contributed by atoms with E-state index in [9.17, 15) is 14.0 Å².